The minimum Gasteiger partial charge on any atom is -0.438 e. The number of amides is 2. The van der Waals surface area contributed by atoms with Gasteiger partial charge in [-0.3, -0.25) is 9.59 Å². The van der Waals surface area contributed by atoms with Crippen molar-refractivity contribution >= 4 is 11.8 Å². The number of ether oxygens (including phenoxy) is 1. The molecule has 0 N–H and O–H groups in total. The van der Waals surface area contributed by atoms with Gasteiger partial charge in [-0.2, -0.15) is 0 Å². The van der Waals surface area contributed by atoms with E-state index in [1.807, 2.05) is 11.8 Å². The van der Waals surface area contributed by atoms with Gasteiger partial charge >= 0.3 is 0 Å². The van der Waals surface area contributed by atoms with Gasteiger partial charge in [0.2, 0.25) is 11.7 Å². The fourth-order valence-electron chi connectivity index (χ4n) is 3.67. The predicted molar refractivity (Wildman–Crippen MR) is 81.9 cm³/mol. The normalized spacial score (nSPS) is 21.6. The first-order valence-electron chi connectivity index (χ1n) is 8.15. The van der Waals surface area contributed by atoms with E-state index in [1.165, 1.54) is 6.39 Å². The van der Waals surface area contributed by atoms with Crippen molar-refractivity contribution in [1.82, 2.24) is 14.8 Å². The molecule has 0 aromatic carbocycles. The largest absolute Gasteiger partial charge is 0.438 e. The molecule has 3 rings (SSSR count). The van der Waals surface area contributed by atoms with Gasteiger partial charge in [-0.1, -0.05) is 0 Å². The maximum atomic E-state index is 12.8. The summed E-state index contributed by atoms with van der Waals surface area (Å²) in [6, 6.07) is 0. The van der Waals surface area contributed by atoms with Crippen molar-refractivity contribution in [3.63, 3.8) is 0 Å². The monoisotopic (exact) mass is 321 g/mol. The lowest BCUT2D eigenvalue weighted by Crippen LogP contribution is -2.58. The van der Waals surface area contributed by atoms with Gasteiger partial charge in [0.1, 0.15) is 0 Å². The average Bonchev–Trinajstić information content (AvgIpc) is 2.92. The van der Waals surface area contributed by atoms with Gasteiger partial charge in [0, 0.05) is 39.3 Å². The van der Waals surface area contributed by atoms with Crippen LogP contribution in [0.2, 0.25) is 0 Å². The maximum absolute atomic E-state index is 12.8. The predicted octanol–water partition coefficient (Wildman–Crippen LogP) is 1.23. The van der Waals surface area contributed by atoms with Crippen molar-refractivity contribution in [1.29, 1.82) is 0 Å². The molecule has 2 aliphatic rings. The number of carbonyl (C=O) groups is 2. The smallest absolute Gasteiger partial charge is 0.291 e. The van der Waals surface area contributed by atoms with E-state index in [4.69, 9.17) is 9.15 Å². The standard InChI is InChI=1S/C16H23N3O4/c1-3-19-13(20)4-7-18(10-16(19)5-8-22-9-6-16)15(21)14-12(2)17-11-23-14/h11H,3-10H2,1-2H3. The van der Waals surface area contributed by atoms with Crippen molar-refractivity contribution < 1.29 is 18.7 Å². The molecule has 0 radical (unpaired) electrons. The zero-order chi connectivity index (χ0) is 16.4. The number of rotatable bonds is 2. The number of hydrogen-bond donors (Lipinski definition) is 0. The van der Waals surface area contributed by atoms with Gasteiger partial charge in [-0.05, 0) is 26.7 Å². The molecule has 3 heterocycles. The molecular formula is C16H23N3O4. The van der Waals surface area contributed by atoms with Crippen LogP contribution in [0, 0.1) is 6.92 Å². The highest BCUT2D eigenvalue weighted by Crippen LogP contribution is 2.32. The summed E-state index contributed by atoms with van der Waals surface area (Å²) in [5, 5.41) is 0. The molecule has 23 heavy (non-hydrogen) atoms. The molecule has 2 saturated heterocycles. The maximum Gasteiger partial charge on any atom is 0.291 e. The van der Waals surface area contributed by atoms with Crippen LogP contribution in [-0.2, 0) is 9.53 Å². The molecular weight excluding hydrogens is 298 g/mol. The highest BCUT2D eigenvalue weighted by Gasteiger charge is 2.45. The zero-order valence-electron chi connectivity index (χ0n) is 13.7. The summed E-state index contributed by atoms with van der Waals surface area (Å²) in [5.74, 6) is 0.195. The van der Waals surface area contributed by atoms with Gasteiger partial charge < -0.3 is 19.0 Å². The molecule has 7 nitrogen and oxygen atoms in total. The first-order chi connectivity index (χ1) is 11.1. The second-order valence-electron chi connectivity index (χ2n) is 6.22. The van der Waals surface area contributed by atoms with E-state index < -0.39 is 0 Å². The molecule has 1 spiro atoms. The van der Waals surface area contributed by atoms with Crippen LogP contribution in [0.4, 0.5) is 0 Å². The number of nitrogens with zero attached hydrogens (tertiary/aromatic N) is 3. The van der Waals surface area contributed by atoms with E-state index in [0.717, 1.165) is 12.8 Å². The van der Waals surface area contributed by atoms with Crippen LogP contribution in [0.5, 0.6) is 0 Å². The SMILES string of the molecule is CCN1C(=O)CCN(C(=O)c2ocnc2C)CC12CCOCC2. The Morgan fingerprint density at radius 2 is 2.13 bits per heavy atom. The molecule has 0 saturated carbocycles. The van der Waals surface area contributed by atoms with Crippen molar-refractivity contribution in [2.24, 2.45) is 0 Å². The highest BCUT2D eigenvalue weighted by molar-refractivity contribution is 5.93. The first-order valence-corrected chi connectivity index (χ1v) is 8.15. The zero-order valence-corrected chi connectivity index (χ0v) is 13.7. The number of oxazole rings is 1. The van der Waals surface area contributed by atoms with Gasteiger partial charge in [-0.25, -0.2) is 4.98 Å². The molecule has 126 valence electrons. The molecule has 1 aromatic heterocycles. The quantitative estimate of drug-likeness (QED) is 0.819. The summed E-state index contributed by atoms with van der Waals surface area (Å²) in [7, 11) is 0. The van der Waals surface area contributed by atoms with Crippen LogP contribution in [-0.4, -0.2) is 65.0 Å². The Morgan fingerprint density at radius 1 is 1.39 bits per heavy atom. The van der Waals surface area contributed by atoms with Crippen molar-refractivity contribution in [3.05, 3.63) is 17.8 Å². The molecule has 0 atom stereocenters. The van der Waals surface area contributed by atoms with E-state index in [1.54, 1.807) is 11.8 Å². The van der Waals surface area contributed by atoms with Gasteiger partial charge in [0.05, 0.1) is 11.2 Å². The number of aryl methyl sites for hydroxylation is 1. The van der Waals surface area contributed by atoms with Gasteiger partial charge in [-0.15, -0.1) is 0 Å². The fourth-order valence-corrected chi connectivity index (χ4v) is 3.67. The molecule has 2 fully saturated rings. The van der Waals surface area contributed by atoms with Crippen LogP contribution in [0.3, 0.4) is 0 Å². The minimum absolute atomic E-state index is 0.110. The van der Waals surface area contributed by atoms with Crippen LogP contribution in [0.1, 0.15) is 42.4 Å². The van der Waals surface area contributed by atoms with E-state index in [-0.39, 0.29) is 23.1 Å². The summed E-state index contributed by atoms with van der Waals surface area (Å²) < 4.78 is 10.7. The number of carbonyl (C=O) groups excluding carboxylic acids is 2. The second-order valence-corrected chi connectivity index (χ2v) is 6.22. The van der Waals surface area contributed by atoms with Crippen molar-refractivity contribution in [2.45, 2.75) is 38.6 Å². The Hall–Kier alpha value is -1.89. The number of hydrogen-bond acceptors (Lipinski definition) is 5. The van der Waals surface area contributed by atoms with Crippen molar-refractivity contribution in [2.75, 3.05) is 32.8 Å². The van der Waals surface area contributed by atoms with Gasteiger partial charge in [0.25, 0.3) is 5.91 Å². The van der Waals surface area contributed by atoms with Crippen LogP contribution in [0.15, 0.2) is 10.8 Å². The van der Waals surface area contributed by atoms with E-state index in [9.17, 15) is 9.59 Å². The molecule has 0 unspecified atom stereocenters. The minimum atomic E-state index is -0.329. The third kappa shape index (κ3) is 2.85. The van der Waals surface area contributed by atoms with Crippen molar-refractivity contribution in [3.8, 4) is 0 Å². The van der Waals surface area contributed by atoms with Gasteiger partial charge in [0.15, 0.2) is 6.39 Å². The first kappa shape index (κ1) is 16.0. The Bertz CT molecular complexity index is 592. The lowest BCUT2D eigenvalue weighted by atomic mass is 9.87. The van der Waals surface area contributed by atoms with E-state index >= 15 is 0 Å². The number of likely N-dealkylation sites (N-methyl/N-ethyl adjacent to an activating group) is 1. The second kappa shape index (κ2) is 6.31. The molecule has 1 aromatic rings. The third-order valence-corrected chi connectivity index (χ3v) is 4.92. The molecule has 7 heteroatoms. The summed E-state index contributed by atoms with van der Waals surface area (Å²) in [6.07, 6.45) is 3.14. The van der Waals surface area contributed by atoms with Crippen LogP contribution < -0.4 is 0 Å². The number of aromatic nitrogens is 1. The lowest BCUT2D eigenvalue weighted by molar-refractivity contribution is -0.139. The molecule has 2 amide bonds. The van der Waals surface area contributed by atoms with Crippen LogP contribution in [0.25, 0.3) is 0 Å². The Morgan fingerprint density at radius 3 is 2.74 bits per heavy atom. The van der Waals surface area contributed by atoms with Crippen LogP contribution >= 0.6 is 0 Å². The van der Waals surface area contributed by atoms with E-state index in [2.05, 4.69) is 4.98 Å². The Labute approximate surface area is 135 Å². The highest BCUT2D eigenvalue weighted by atomic mass is 16.5. The molecule has 2 aliphatic heterocycles. The topological polar surface area (TPSA) is 75.9 Å². The fraction of sp³-hybridized carbons (Fsp3) is 0.688. The lowest BCUT2D eigenvalue weighted by Gasteiger charge is -2.46. The molecule has 0 aliphatic carbocycles. The van der Waals surface area contributed by atoms with E-state index in [0.29, 0.717) is 45.0 Å². The summed E-state index contributed by atoms with van der Waals surface area (Å²) >= 11 is 0. The Balaban J connectivity index is 1.90. The molecule has 0 bridgehead atoms. The Kier molecular flexibility index (Phi) is 4.39. The summed E-state index contributed by atoms with van der Waals surface area (Å²) in [5.41, 5.74) is 0.253. The average molecular weight is 321 g/mol. The summed E-state index contributed by atoms with van der Waals surface area (Å²) in [6.45, 7) is 6.57. The summed E-state index contributed by atoms with van der Waals surface area (Å²) in [4.78, 5) is 33.0. The third-order valence-electron chi connectivity index (χ3n) is 4.92.